The molecule has 6 heteroatoms. The molecule has 0 aliphatic carbocycles. The number of carbonyl (C=O) groups is 2. The summed E-state index contributed by atoms with van der Waals surface area (Å²) in [4.78, 5) is 28.7. The van der Waals surface area contributed by atoms with Crippen molar-refractivity contribution in [3.63, 3.8) is 0 Å². The molecular formula is C27H27NO4S. The molecule has 2 heterocycles. The number of ketones is 1. The van der Waals surface area contributed by atoms with E-state index in [2.05, 4.69) is 13.8 Å². The van der Waals surface area contributed by atoms with Crippen LogP contribution in [0.1, 0.15) is 41.5 Å². The number of anilines is 1. The predicted molar refractivity (Wildman–Crippen MR) is 132 cm³/mol. The molecule has 1 fully saturated rings. The minimum atomic E-state index is -0.692. The van der Waals surface area contributed by atoms with Gasteiger partial charge in [0.1, 0.15) is 17.6 Å². The van der Waals surface area contributed by atoms with Gasteiger partial charge in [-0.3, -0.25) is 14.5 Å². The molecule has 0 spiro atoms. The van der Waals surface area contributed by atoms with E-state index in [1.165, 1.54) is 16.2 Å². The quantitative estimate of drug-likeness (QED) is 0.277. The van der Waals surface area contributed by atoms with Gasteiger partial charge in [0.05, 0.1) is 12.2 Å². The van der Waals surface area contributed by atoms with Crippen molar-refractivity contribution in [1.29, 1.82) is 0 Å². The van der Waals surface area contributed by atoms with E-state index in [9.17, 15) is 14.7 Å². The van der Waals surface area contributed by atoms with Crippen molar-refractivity contribution in [3.05, 3.63) is 87.1 Å². The third-order valence-corrected chi connectivity index (χ3v) is 6.38. The molecule has 170 valence electrons. The monoisotopic (exact) mass is 461 g/mol. The maximum absolute atomic E-state index is 13.2. The lowest BCUT2D eigenvalue weighted by Gasteiger charge is -2.25. The SMILES string of the molecule is Cc1cc(C)cc(N2C(=O)C(=O)/C(=C(\O)c3ccc(OCC(C)C)cc3)C2c2cccs2)c1. The van der Waals surface area contributed by atoms with Crippen LogP contribution in [0, 0.1) is 19.8 Å². The highest BCUT2D eigenvalue weighted by Gasteiger charge is 2.47. The van der Waals surface area contributed by atoms with E-state index in [0.717, 1.165) is 16.0 Å². The average molecular weight is 462 g/mol. The topological polar surface area (TPSA) is 66.8 Å². The second-order valence-electron chi connectivity index (χ2n) is 8.76. The summed E-state index contributed by atoms with van der Waals surface area (Å²) in [7, 11) is 0. The first-order valence-corrected chi connectivity index (χ1v) is 11.8. The van der Waals surface area contributed by atoms with Crippen LogP contribution in [-0.4, -0.2) is 23.4 Å². The molecule has 5 nitrogen and oxygen atoms in total. The number of benzene rings is 2. The molecular weight excluding hydrogens is 434 g/mol. The van der Waals surface area contributed by atoms with Crippen LogP contribution in [-0.2, 0) is 9.59 Å². The summed E-state index contributed by atoms with van der Waals surface area (Å²) < 4.78 is 5.72. The van der Waals surface area contributed by atoms with E-state index in [1.54, 1.807) is 24.3 Å². The molecule has 0 radical (unpaired) electrons. The van der Waals surface area contributed by atoms with E-state index in [4.69, 9.17) is 4.74 Å². The summed E-state index contributed by atoms with van der Waals surface area (Å²) >= 11 is 1.45. The lowest BCUT2D eigenvalue weighted by Crippen LogP contribution is -2.29. The fourth-order valence-corrected chi connectivity index (χ4v) is 4.86. The molecule has 1 amide bonds. The zero-order chi connectivity index (χ0) is 23.7. The van der Waals surface area contributed by atoms with Gasteiger partial charge in [0.2, 0.25) is 0 Å². The number of amides is 1. The number of aliphatic hydroxyl groups is 1. The van der Waals surface area contributed by atoms with Gasteiger partial charge >= 0.3 is 0 Å². The van der Waals surface area contributed by atoms with Crippen LogP contribution in [0.3, 0.4) is 0 Å². The van der Waals surface area contributed by atoms with Gasteiger partial charge in [-0.25, -0.2) is 0 Å². The van der Waals surface area contributed by atoms with Gasteiger partial charge in [0.15, 0.2) is 0 Å². The Labute approximate surface area is 197 Å². The Morgan fingerprint density at radius 2 is 1.73 bits per heavy atom. The first-order chi connectivity index (χ1) is 15.8. The number of aryl methyl sites for hydroxylation is 2. The lowest BCUT2D eigenvalue weighted by molar-refractivity contribution is -0.132. The summed E-state index contributed by atoms with van der Waals surface area (Å²) in [6.45, 7) is 8.63. The largest absolute Gasteiger partial charge is 0.507 e. The van der Waals surface area contributed by atoms with Crippen molar-refractivity contribution in [2.75, 3.05) is 11.5 Å². The van der Waals surface area contributed by atoms with E-state index in [-0.39, 0.29) is 11.3 Å². The van der Waals surface area contributed by atoms with Crippen molar-refractivity contribution in [1.82, 2.24) is 0 Å². The fourth-order valence-electron chi connectivity index (χ4n) is 4.03. The Bertz CT molecular complexity index is 1190. The van der Waals surface area contributed by atoms with Crippen molar-refractivity contribution >= 4 is 34.5 Å². The van der Waals surface area contributed by atoms with Crippen molar-refractivity contribution in [2.24, 2.45) is 5.92 Å². The molecule has 0 saturated carbocycles. The predicted octanol–water partition coefficient (Wildman–Crippen LogP) is 6.03. The standard InChI is InChI=1S/C27H27NO4S/c1-16(2)15-32-21-9-7-19(8-10-21)25(29)23-24(22-6-5-11-33-22)28(27(31)26(23)30)20-13-17(3)12-18(4)14-20/h5-14,16,24,29H,15H2,1-4H3/b25-23-. The molecule has 1 aliphatic rings. The second kappa shape index (κ2) is 9.24. The van der Waals surface area contributed by atoms with E-state index in [1.807, 2.05) is 49.6 Å². The summed E-state index contributed by atoms with van der Waals surface area (Å²) in [5.41, 5.74) is 3.19. The summed E-state index contributed by atoms with van der Waals surface area (Å²) in [5, 5.41) is 13.1. The Morgan fingerprint density at radius 3 is 2.30 bits per heavy atom. The van der Waals surface area contributed by atoms with Crippen LogP contribution >= 0.6 is 11.3 Å². The third-order valence-electron chi connectivity index (χ3n) is 5.45. The number of rotatable bonds is 6. The number of Topliss-reactive ketones (excluding diaryl/α,β-unsaturated/α-hetero) is 1. The zero-order valence-electron chi connectivity index (χ0n) is 19.2. The summed E-state index contributed by atoms with van der Waals surface area (Å²) in [6, 6.07) is 15.8. The van der Waals surface area contributed by atoms with Gasteiger partial charge in [-0.15, -0.1) is 11.3 Å². The van der Waals surface area contributed by atoms with E-state index < -0.39 is 17.7 Å². The summed E-state index contributed by atoms with van der Waals surface area (Å²) in [6.07, 6.45) is 0. The van der Waals surface area contributed by atoms with E-state index >= 15 is 0 Å². The molecule has 4 rings (SSSR count). The molecule has 1 aliphatic heterocycles. The maximum Gasteiger partial charge on any atom is 0.300 e. The first kappa shape index (κ1) is 22.8. The number of ether oxygens (including phenoxy) is 1. The van der Waals surface area contributed by atoms with Crippen molar-refractivity contribution < 1.29 is 19.4 Å². The highest BCUT2D eigenvalue weighted by Crippen LogP contribution is 2.44. The van der Waals surface area contributed by atoms with Crippen LogP contribution < -0.4 is 9.64 Å². The Kier molecular flexibility index (Phi) is 6.38. The minimum Gasteiger partial charge on any atom is -0.507 e. The van der Waals surface area contributed by atoms with Gasteiger partial charge in [0, 0.05) is 16.1 Å². The average Bonchev–Trinajstić information content (AvgIpc) is 3.38. The van der Waals surface area contributed by atoms with Crippen LogP contribution in [0.15, 0.2) is 65.6 Å². The number of aliphatic hydroxyl groups excluding tert-OH is 1. The van der Waals surface area contributed by atoms with Gasteiger partial charge in [-0.1, -0.05) is 26.0 Å². The van der Waals surface area contributed by atoms with E-state index in [0.29, 0.717) is 29.5 Å². The molecule has 33 heavy (non-hydrogen) atoms. The fraction of sp³-hybridized carbons (Fsp3) is 0.259. The van der Waals surface area contributed by atoms with Gasteiger partial charge < -0.3 is 9.84 Å². The van der Waals surface area contributed by atoms with Crippen LogP contribution in [0.5, 0.6) is 5.75 Å². The Morgan fingerprint density at radius 1 is 1.06 bits per heavy atom. The van der Waals surface area contributed by atoms with Gasteiger partial charge in [0.25, 0.3) is 11.7 Å². The molecule has 1 saturated heterocycles. The number of hydrogen-bond donors (Lipinski definition) is 1. The molecule has 1 unspecified atom stereocenters. The molecule has 1 aromatic heterocycles. The zero-order valence-corrected chi connectivity index (χ0v) is 20.0. The van der Waals surface area contributed by atoms with Gasteiger partial charge in [-0.05, 0) is 78.7 Å². The molecule has 1 atom stereocenters. The highest BCUT2D eigenvalue weighted by molar-refractivity contribution is 7.10. The molecule has 1 N–H and O–H groups in total. The van der Waals surface area contributed by atoms with Crippen LogP contribution in [0.25, 0.3) is 5.76 Å². The highest BCUT2D eigenvalue weighted by atomic mass is 32.1. The smallest absolute Gasteiger partial charge is 0.300 e. The lowest BCUT2D eigenvalue weighted by atomic mass is 9.99. The van der Waals surface area contributed by atoms with Gasteiger partial charge in [-0.2, -0.15) is 0 Å². The second-order valence-corrected chi connectivity index (χ2v) is 9.74. The third kappa shape index (κ3) is 4.57. The van der Waals surface area contributed by atoms with Crippen molar-refractivity contribution in [2.45, 2.75) is 33.7 Å². The number of hydrogen-bond acceptors (Lipinski definition) is 5. The first-order valence-electron chi connectivity index (χ1n) is 10.9. The molecule has 0 bridgehead atoms. The summed E-state index contributed by atoms with van der Waals surface area (Å²) in [5.74, 6) is -0.438. The maximum atomic E-state index is 13.2. The number of thiophene rings is 1. The molecule has 3 aromatic rings. The minimum absolute atomic E-state index is 0.0949. The molecule has 2 aromatic carbocycles. The van der Waals surface area contributed by atoms with Crippen LogP contribution in [0.2, 0.25) is 0 Å². The normalized spacial score (nSPS) is 17.7. The Balaban J connectivity index is 1.80. The van der Waals surface area contributed by atoms with Crippen molar-refractivity contribution in [3.8, 4) is 5.75 Å². The van der Waals surface area contributed by atoms with Crippen LogP contribution in [0.4, 0.5) is 5.69 Å². The Hall–Kier alpha value is -3.38. The number of nitrogens with zero attached hydrogens (tertiary/aromatic N) is 1. The number of carbonyl (C=O) groups excluding carboxylic acids is 2.